The van der Waals surface area contributed by atoms with Gasteiger partial charge < -0.3 is 19.1 Å². The smallest absolute Gasteiger partial charge is 0.410 e. The molecule has 1 aliphatic carbocycles. The number of hydrogen-bond donors (Lipinski definition) is 0. The highest BCUT2D eigenvalue weighted by Gasteiger charge is 2.40. The van der Waals surface area contributed by atoms with E-state index in [-0.39, 0.29) is 18.9 Å². The molecular weight excluding hydrogens is 306 g/mol. The van der Waals surface area contributed by atoms with Gasteiger partial charge in [0.2, 0.25) is 6.79 Å². The Balaban J connectivity index is 1.79. The number of hydrogen-bond acceptors (Lipinski definition) is 4. The molecule has 0 spiro atoms. The average Bonchev–Trinajstić information content (AvgIpc) is 3.09. The lowest BCUT2D eigenvalue weighted by molar-refractivity contribution is 0.100. The Morgan fingerprint density at radius 3 is 3.00 bits per heavy atom. The summed E-state index contributed by atoms with van der Waals surface area (Å²) in [6.45, 7) is 0.907. The number of ether oxygens (including phenoxy) is 3. The first-order valence-electron chi connectivity index (χ1n) is 8.16. The van der Waals surface area contributed by atoms with Gasteiger partial charge in [-0.2, -0.15) is 0 Å². The Bertz CT molecular complexity index is 861. The summed E-state index contributed by atoms with van der Waals surface area (Å²) in [4.78, 5) is 14.1. The van der Waals surface area contributed by atoms with Gasteiger partial charge in [0.15, 0.2) is 11.5 Å². The summed E-state index contributed by atoms with van der Waals surface area (Å²) in [6, 6.07) is 10.4. The van der Waals surface area contributed by atoms with Gasteiger partial charge in [0, 0.05) is 12.1 Å². The average molecular weight is 323 g/mol. The van der Waals surface area contributed by atoms with Crippen molar-refractivity contribution in [1.29, 1.82) is 0 Å². The molecule has 0 saturated carbocycles. The number of benzene rings is 2. The highest BCUT2D eigenvalue weighted by molar-refractivity contribution is 5.85. The minimum absolute atomic E-state index is 0.0133. The Labute approximate surface area is 139 Å². The first-order valence-corrected chi connectivity index (χ1v) is 8.16. The van der Waals surface area contributed by atoms with Crippen LogP contribution in [0.5, 0.6) is 11.5 Å². The van der Waals surface area contributed by atoms with E-state index in [4.69, 9.17) is 14.2 Å². The van der Waals surface area contributed by atoms with Crippen LogP contribution in [0.15, 0.2) is 30.3 Å². The van der Waals surface area contributed by atoms with E-state index in [2.05, 4.69) is 18.2 Å². The van der Waals surface area contributed by atoms with Crippen LogP contribution in [-0.4, -0.2) is 31.4 Å². The molecule has 2 heterocycles. The fraction of sp³-hybridized carbons (Fsp3) is 0.316. The maximum absolute atomic E-state index is 12.3. The van der Waals surface area contributed by atoms with Crippen molar-refractivity contribution in [2.75, 3.05) is 20.4 Å². The molecule has 1 atom stereocenters. The molecule has 3 aliphatic rings. The van der Waals surface area contributed by atoms with Gasteiger partial charge in [-0.3, -0.25) is 0 Å². The number of carbonyl (C=O) groups is 1. The fourth-order valence-corrected chi connectivity index (χ4v) is 4.22. The Morgan fingerprint density at radius 1 is 1.25 bits per heavy atom. The number of amides is 1. The van der Waals surface area contributed by atoms with Crippen molar-refractivity contribution in [2.45, 2.75) is 18.9 Å². The van der Waals surface area contributed by atoms with Gasteiger partial charge in [-0.05, 0) is 41.2 Å². The largest absolute Gasteiger partial charge is 0.454 e. The van der Waals surface area contributed by atoms with Gasteiger partial charge in [0.1, 0.15) is 0 Å². The molecule has 24 heavy (non-hydrogen) atoms. The van der Waals surface area contributed by atoms with Crippen LogP contribution in [0.2, 0.25) is 0 Å². The molecule has 0 N–H and O–H groups in total. The molecule has 0 unspecified atom stereocenters. The summed E-state index contributed by atoms with van der Waals surface area (Å²) in [6.07, 6.45) is 1.33. The highest BCUT2D eigenvalue weighted by Crippen LogP contribution is 2.53. The fourth-order valence-electron chi connectivity index (χ4n) is 4.22. The van der Waals surface area contributed by atoms with Crippen molar-refractivity contribution in [3.63, 3.8) is 0 Å². The zero-order valence-corrected chi connectivity index (χ0v) is 13.4. The molecule has 0 bridgehead atoms. The maximum Gasteiger partial charge on any atom is 0.410 e. The minimum Gasteiger partial charge on any atom is -0.454 e. The van der Waals surface area contributed by atoms with Gasteiger partial charge in [-0.15, -0.1) is 0 Å². The van der Waals surface area contributed by atoms with Crippen molar-refractivity contribution < 1.29 is 19.0 Å². The maximum atomic E-state index is 12.3. The molecule has 2 aliphatic heterocycles. The molecule has 0 saturated heterocycles. The summed E-state index contributed by atoms with van der Waals surface area (Å²) in [7, 11) is 1.44. The Hall–Kier alpha value is -2.69. The van der Waals surface area contributed by atoms with Gasteiger partial charge >= 0.3 is 6.09 Å². The predicted octanol–water partition coefficient (Wildman–Crippen LogP) is 3.30. The third kappa shape index (κ3) is 1.72. The zero-order chi connectivity index (χ0) is 16.3. The summed E-state index contributed by atoms with van der Waals surface area (Å²) in [5.41, 5.74) is 5.92. The number of fused-ring (bicyclic) bond motifs is 4. The van der Waals surface area contributed by atoms with Gasteiger partial charge in [-0.25, -0.2) is 4.79 Å². The minimum atomic E-state index is -0.270. The Kier molecular flexibility index (Phi) is 2.80. The molecule has 2 aromatic rings. The molecule has 5 nitrogen and oxygen atoms in total. The van der Waals surface area contributed by atoms with Crippen LogP contribution < -0.4 is 9.47 Å². The van der Waals surface area contributed by atoms with Crippen LogP contribution in [0.3, 0.4) is 0 Å². The van der Waals surface area contributed by atoms with Crippen molar-refractivity contribution in [1.82, 2.24) is 4.90 Å². The lowest BCUT2D eigenvalue weighted by Crippen LogP contribution is -2.42. The van der Waals surface area contributed by atoms with Crippen LogP contribution in [0.25, 0.3) is 11.1 Å². The van der Waals surface area contributed by atoms with E-state index < -0.39 is 0 Å². The van der Waals surface area contributed by atoms with E-state index in [0.29, 0.717) is 6.54 Å². The third-order valence-corrected chi connectivity index (χ3v) is 5.23. The molecule has 0 radical (unpaired) electrons. The third-order valence-electron chi connectivity index (χ3n) is 5.23. The number of nitrogens with zero attached hydrogens (tertiary/aromatic N) is 1. The molecule has 5 rings (SSSR count). The molecule has 5 heteroatoms. The standard InChI is InChI=1S/C19H17NO4/c1-22-19(21)20-7-6-12-9-15-18(24-10-23-15)17-13-5-3-2-4-11(13)8-14(20)16(12)17/h2-5,9,14H,6-8,10H2,1H3/t14-/m1/s1. The predicted molar refractivity (Wildman–Crippen MR) is 87.3 cm³/mol. The number of rotatable bonds is 0. The van der Waals surface area contributed by atoms with E-state index in [1.807, 2.05) is 17.0 Å². The molecule has 0 fully saturated rings. The topological polar surface area (TPSA) is 48.0 Å². The summed E-state index contributed by atoms with van der Waals surface area (Å²) in [5.74, 6) is 1.61. The van der Waals surface area contributed by atoms with E-state index >= 15 is 0 Å². The normalized spacial score (nSPS) is 19.5. The molecular formula is C19H17NO4. The summed E-state index contributed by atoms with van der Waals surface area (Å²) < 4.78 is 16.5. The first kappa shape index (κ1) is 13.7. The summed E-state index contributed by atoms with van der Waals surface area (Å²) in [5, 5.41) is 0. The van der Waals surface area contributed by atoms with Crippen LogP contribution in [0.4, 0.5) is 4.79 Å². The second kappa shape index (κ2) is 4.90. The van der Waals surface area contributed by atoms with Gasteiger partial charge in [0.05, 0.1) is 13.2 Å². The van der Waals surface area contributed by atoms with Crippen LogP contribution in [-0.2, 0) is 17.6 Å². The van der Waals surface area contributed by atoms with E-state index in [1.165, 1.54) is 29.4 Å². The van der Waals surface area contributed by atoms with Crippen molar-refractivity contribution in [3.05, 3.63) is 47.0 Å². The van der Waals surface area contributed by atoms with E-state index in [0.717, 1.165) is 29.9 Å². The van der Waals surface area contributed by atoms with Gasteiger partial charge in [-0.1, -0.05) is 24.3 Å². The molecule has 2 aromatic carbocycles. The van der Waals surface area contributed by atoms with E-state index in [9.17, 15) is 4.79 Å². The van der Waals surface area contributed by atoms with Crippen LogP contribution in [0, 0.1) is 0 Å². The number of carbonyl (C=O) groups excluding carboxylic acids is 1. The molecule has 0 aromatic heterocycles. The lowest BCUT2D eigenvalue weighted by atomic mass is 9.76. The zero-order valence-electron chi connectivity index (χ0n) is 13.4. The monoisotopic (exact) mass is 323 g/mol. The molecule has 122 valence electrons. The van der Waals surface area contributed by atoms with Gasteiger partial charge in [0.25, 0.3) is 0 Å². The van der Waals surface area contributed by atoms with Crippen molar-refractivity contribution >= 4 is 6.09 Å². The second-order valence-corrected chi connectivity index (χ2v) is 6.35. The number of methoxy groups -OCH3 is 1. The summed E-state index contributed by atoms with van der Waals surface area (Å²) >= 11 is 0. The van der Waals surface area contributed by atoms with Crippen LogP contribution in [0.1, 0.15) is 22.7 Å². The quantitative estimate of drug-likeness (QED) is 0.746. The first-order chi connectivity index (χ1) is 11.8. The lowest BCUT2D eigenvalue weighted by Gasteiger charge is -2.41. The van der Waals surface area contributed by atoms with Crippen molar-refractivity contribution in [2.24, 2.45) is 0 Å². The molecule has 1 amide bonds. The van der Waals surface area contributed by atoms with E-state index in [1.54, 1.807) is 0 Å². The SMILES string of the molecule is COC(=O)N1CCc2cc3c(c4c2[C@H]1Cc1ccccc1-4)OCO3. The van der Waals surface area contributed by atoms with Crippen LogP contribution >= 0.6 is 0 Å². The van der Waals surface area contributed by atoms with Crippen molar-refractivity contribution in [3.8, 4) is 22.6 Å². The highest BCUT2D eigenvalue weighted by atomic mass is 16.7. The Morgan fingerprint density at radius 2 is 2.12 bits per heavy atom. The second-order valence-electron chi connectivity index (χ2n) is 6.35.